The first-order valence-electron chi connectivity index (χ1n) is 9.69. The van der Waals surface area contributed by atoms with Gasteiger partial charge in [-0.25, -0.2) is 0 Å². The van der Waals surface area contributed by atoms with E-state index in [1.165, 1.54) is 25.7 Å². The summed E-state index contributed by atoms with van der Waals surface area (Å²) >= 11 is 0. The molecule has 132 valence electrons. The molecule has 3 nitrogen and oxygen atoms in total. The largest absolute Gasteiger partial charge is 0.410 e. The Morgan fingerprint density at radius 1 is 1.13 bits per heavy atom. The molecule has 6 atom stereocenters. The maximum Gasteiger partial charge on any atom is 0.184 e. The highest BCUT2D eigenvalue weighted by atomic mass is 28.4. The molecule has 0 amide bonds. The number of hydrogen-bond donors (Lipinski definition) is 0. The quantitative estimate of drug-likeness (QED) is 0.611. The highest BCUT2D eigenvalue weighted by molar-refractivity contribution is 6.69. The maximum absolute atomic E-state index is 6.63. The van der Waals surface area contributed by atoms with Crippen LogP contribution in [0.1, 0.15) is 59.8 Å². The van der Waals surface area contributed by atoms with E-state index in [4.69, 9.17) is 14.7 Å². The van der Waals surface area contributed by atoms with Gasteiger partial charge in [-0.2, -0.15) is 10.2 Å². The molecular formula is C19H36N2OSi. The molecule has 0 aromatic rings. The minimum Gasteiger partial charge on any atom is -0.410 e. The lowest BCUT2D eigenvalue weighted by molar-refractivity contribution is 0.0518. The van der Waals surface area contributed by atoms with Crippen molar-refractivity contribution in [1.29, 1.82) is 0 Å². The molecule has 3 aliphatic rings. The zero-order chi connectivity index (χ0) is 17.0. The van der Waals surface area contributed by atoms with Crippen molar-refractivity contribution in [2.75, 3.05) is 0 Å². The van der Waals surface area contributed by atoms with Crippen LogP contribution in [0.2, 0.25) is 19.6 Å². The van der Waals surface area contributed by atoms with Gasteiger partial charge in [0, 0.05) is 5.92 Å². The fraction of sp³-hybridized carbons (Fsp3) is 1.00. The van der Waals surface area contributed by atoms with E-state index in [-0.39, 0.29) is 11.1 Å². The van der Waals surface area contributed by atoms with Crippen molar-refractivity contribution in [1.82, 2.24) is 0 Å². The van der Waals surface area contributed by atoms with Crippen LogP contribution in [0.25, 0.3) is 0 Å². The van der Waals surface area contributed by atoms with Gasteiger partial charge >= 0.3 is 0 Å². The third-order valence-electron chi connectivity index (χ3n) is 6.86. The van der Waals surface area contributed by atoms with Crippen molar-refractivity contribution in [3.05, 3.63) is 0 Å². The van der Waals surface area contributed by atoms with Gasteiger partial charge in [0.05, 0.1) is 11.1 Å². The lowest BCUT2D eigenvalue weighted by Crippen LogP contribution is -2.51. The summed E-state index contributed by atoms with van der Waals surface area (Å²) in [6.45, 7) is 16.4. The van der Waals surface area contributed by atoms with Gasteiger partial charge in [-0.15, -0.1) is 0 Å². The highest BCUT2D eigenvalue weighted by Gasteiger charge is 2.62. The average Bonchev–Trinajstić information content (AvgIpc) is 2.92. The Bertz CT molecular complexity index is 486. The van der Waals surface area contributed by atoms with E-state index in [9.17, 15) is 0 Å². The molecule has 0 aromatic carbocycles. The van der Waals surface area contributed by atoms with E-state index in [0.29, 0.717) is 17.9 Å². The summed E-state index contributed by atoms with van der Waals surface area (Å²) < 4.78 is 6.63. The number of nitrogens with zero attached hydrogens (tertiary/aromatic N) is 2. The average molecular weight is 337 g/mol. The first-order chi connectivity index (χ1) is 10.6. The van der Waals surface area contributed by atoms with Crippen molar-refractivity contribution < 1.29 is 4.43 Å². The van der Waals surface area contributed by atoms with Gasteiger partial charge in [-0.1, -0.05) is 20.8 Å². The van der Waals surface area contributed by atoms with Crippen molar-refractivity contribution in [2.45, 2.75) is 96.6 Å². The molecule has 1 unspecified atom stereocenters. The summed E-state index contributed by atoms with van der Waals surface area (Å²) in [7, 11) is -1.57. The Morgan fingerprint density at radius 2 is 1.83 bits per heavy atom. The van der Waals surface area contributed by atoms with Crippen molar-refractivity contribution >= 4 is 8.32 Å². The summed E-state index contributed by atoms with van der Waals surface area (Å²) in [5.41, 5.74) is 0.0328. The molecule has 0 radical (unpaired) electrons. The van der Waals surface area contributed by atoms with Crippen LogP contribution in [0.4, 0.5) is 0 Å². The third-order valence-corrected chi connectivity index (χ3v) is 7.94. The molecule has 1 spiro atoms. The first-order valence-corrected chi connectivity index (χ1v) is 13.1. The summed E-state index contributed by atoms with van der Waals surface area (Å²) in [5.74, 6) is 2.86. The first kappa shape index (κ1) is 17.6. The zero-order valence-electron chi connectivity index (χ0n) is 16.2. The van der Waals surface area contributed by atoms with Crippen LogP contribution in [0.3, 0.4) is 0 Å². The number of fused-ring (bicyclic) bond motifs is 2. The second-order valence-corrected chi connectivity index (χ2v) is 14.4. The van der Waals surface area contributed by atoms with Crippen LogP contribution in [-0.4, -0.2) is 25.5 Å². The lowest BCUT2D eigenvalue weighted by atomic mass is 9.61. The second-order valence-electron chi connectivity index (χ2n) is 10.0. The minimum atomic E-state index is -1.57. The van der Waals surface area contributed by atoms with Gasteiger partial charge in [-0.05, 0) is 76.4 Å². The summed E-state index contributed by atoms with van der Waals surface area (Å²) in [5, 5.41) is 9.89. The van der Waals surface area contributed by atoms with E-state index in [1.807, 2.05) is 0 Å². The maximum atomic E-state index is 6.63. The molecule has 1 heterocycles. The molecule has 3 rings (SSSR count). The Balaban J connectivity index is 1.85. The molecular weight excluding hydrogens is 300 g/mol. The minimum absolute atomic E-state index is 0.0768. The van der Waals surface area contributed by atoms with Gasteiger partial charge in [0.25, 0.3) is 0 Å². The summed E-state index contributed by atoms with van der Waals surface area (Å²) in [6.07, 6.45) is 6.34. The predicted molar refractivity (Wildman–Crippen MR) is 98.3 cm³/mol. The molecule has 1 aliphatic heterocycles. The van der Waals surface area contributed by atoms with Crippen LogP contribution in [0, 0.1) is 23.7 Å². The Morgan fingerprint density at radius 3 is 2.43 bits per heavy atom. The standard InChI is InChI=1S/C19H36N2OSi/c1-13(2)15-9-8-14(3)19(12-15)16-10-11-18(4,17(16)20-21-19)22-23(5,6)7/h13-17H,8-12H2,1-7H3/t14-,15-,16+,17+,18?,19-/m1/s1. The monoisotopic (exact) mass is 336 g/mol. The normalized spacial score (nSPS) is 46.8. The van der Waals surface area contributed by atoms with Crippen LogP contribution >= 0.6 is 0 Å². The lowest BCUT2D eigenvalue weighted by Gasteiger charge is -2.45. The third kappa shape index (κ3) is 2.95. The second kappa shape index (κ2) is 5.65. The van der Waals surface area contributed by atoms with Gasteiger partial charge in [0.15, 0.2) is 8.32 Å². The Kier molecular flexibility index (Phi) is 4.33. The molecule has 2 saturated carbocycles. The molecule has 23 heavy (non-hydrogen) atoms. The van der Waals surface area contributed by atoms with Gasteiger partial charge < -0.3 is 4.43 Å². The molecule has 0 aromatic heterocycles. The molecule has 0 N–H and O–H groups in total. The van der Waals surface area contributed by atoms with Gasteiger partial charge in [-0.3, -0.25) is 0 Å². The predicted octanol–water partition coefficient (Wildman–Crippen LogP) is 5.67. The van der Waals surface area contributed by atoms with Gasteiger partial charge in [0.2, 0.25) is 0 Å². The van der Waals surface area contributed by atoms with E-state index in [2.05, 4.69) is 47.3 Å². The van der Waals surface area contributed by atoms with E-state index >= 15 is 0 Å². The zero-order valence-corrected chi connectivity index (χ0v) is 17.2. The van der Waals surface area contributed by atoms with Crippen molar-refractivity contribution in [3.63, 3.8) is 0 Å². The number of azo groups is 1. The molecule has 0 saturated heterocycles. The van der Waals surface area contributed by atoms with Crippen molar-refractivity contribution in [3.8, 4) is 0 Å². The molecule has 2 fully saturated rings. The fourth-order valence-corrected chi connectivity index (χ4v) is 7.24. The Labute approximate surface area is 143 Å². The number of hydrogen-bond acceptors (Lipinski definition) is 3. The Hall–Kier alpha value is -0.223. The van der Waals surface area contributed by atoms with E-state index in [1.54, 1.807) is 0 Å². The molecule has 2 aliphatic carbocycles. The summed E-state index contributed by atoms with van der Waals surface area (Å²) in [4.78, 5) is 0. The SMILES string of the molecule is CC(C)[C@@H]1CC[C@@H](C)[C@@]2(C1)N=N[C@H]1[C@@H]2CCC1(C)O[Si](C)(C)C. The van der Waals surface area contributed by atoms with Crippen LogP contribution in [-0.2, 0) is 4.43 Å². The van der Waals surface area contributed by atoms with Crippen molar-refractivity contribution in [2.24, 2.45) is 33.9 Å². The van der Waals surface area contributed by atoms with Gasteiger partial charge in [0.1, 0.15) is 6.04 Å². The fourth-order valence-electron chi connectivity index (χ4n) is 5.62. The smallest absolute Gasteiger partial charge is 0.184 e. The molecule has 4 heteroatoms. The topological polar surface area (TPSA) is 34.0 Å². The molecule has 0 bridgehead atoms. The highest BCUT2D eigenvalue weighted by Crippen LogP contribution is 2.58. The van der Waals surface area contributed by atoms with Crippen LogP contribution < -0.4 is 0 Å². The van der Waals surface area contributed by atoms with E-state index < -0.39 is 8.32 Å². The number of rotatable bonds is 3. The van der Waals surface area contributed by atoms with E-state index in [0.717, 1.165) is 18.3 Å². The van der Waals surface area contributed by atoms with Crippen LogP contribution in [0.5, 0.6) is 0 Å². The summed E-state index contributed by atoms with van der Waals surface area (Å²) in [6, 6.07) is 0.294. The van der Waals surface area contributed by atoms with Crippen LogP contribution in [0.15, 0.2) is 10.2 Å².